The monoisotopic (exact) mass is 253 g/mol. The van der Waals surface area contributed by atoms with Crippen molar-refractivity contribution in [3.8, 4) is 0 Å². The molecule has 14 heavy (non-hydrogen) atoms. The van der Waals surface area contributed by atoms with Crippen LogP contribution in [0.2, 0.25) is 0 Å². The van der Waals surface area contributed by atoms with Crippen molar-refractivity contribution in [3.63, 3.8) is 0 Å². The Hall–Kier alpha value is -0.870. The number of aryl methyl sites for hydroxylation is 1. The first-order valence-electron chi connectivity index (χ1n) is 4.63. The summed E-state index contributed by atoms with van der Waals surface area (Å²) in [5.74, 6) is 0. The van der Waals surface area contributed by atoms with Crippen LogP contribution in [0.3, 0.4) is 0 Å². The summed E-state index contributed by atoms with van der Waals surface area (Å²) in [7, 11) is 0. The van der Waals surface area contributed by atoms with Gasteiger partial charge >= 0.3 is 0 Å². The number of pyridine rings is 1. The number of aromatic nitrogens is 2. The minimum atomic E-state index is 0.707. The number of hydrogen-bond acceptors (Lipinski definition) is 2. The Kier molecular flexibility index (Phi) is 2.84. The largest absolute Gasteiger partial charge is 0.330 e. The number of fused-ring (bicyclic) bond motifs is 1. The van der Waals surface area contributed by atoms with Gasteiger partial charge in [0, 0.05) is 18.1 Å². The van der Waals surface area contributed by atoms with Crippen LogP contribution in [0.4, 0.5) is 0 Å². The van der Waals surface area contributed by atoms with Gasteiger partial charge in [0.15, 0.2) is 0 Å². The van der Waals surface area contributed by atoms with Gasteiger partial charge in [0.25, 0.3) is 0 Å². The molecule has 0 aliphatic carbocycles. The number of halogens is 1. The molecule has 2 rings (SSSR count). The van der Waals surface area contributed by atoms with E-state index in [0.717, 1.165) is 28.6 Å². The zero-order valence-corrected chi connectivity index (χ0v) is 9.37. The van der Waals surface area contributed by atoms with E-state index in [9.17, 15) is 0 Å². The maximum absolute atomic E-state index is 5.49. The van der Waals surface area contributed by atoms with Gasteiger partial charge in [-0.2, -0.15) is 0 Å². The molecule has 2 N–H and O–H groups in total. The van der Waals surface area contributed by atoms with Gasteiger partial charge in [0.2, 0.25) is 0 Å². The smallest absolute Gasteiger partial charge is 0.140 e. The van der Waals surface area contributed by atoms with Gasteiger partial charge in [0.1, 0.15) is 5.65 Å². The Bertz CT molecular complexity index is 436. The molecule has 0 fully saturated rings. The molecular weight excluding hydrogens is 242 g/mol. The van der Waals surface area contributed by atoms with E-state index in [1.807, 2.05) is 12.3 Å². The fourth-order valence-corrected chi connectivity index (χ4v) is 2.11. The van der Waals surface area contributed by atoms with Crippen LogP contribution in [-0.4, -0.2) is 16.1 Å². The minimum Gasteiger partial charge on any atom is -0.330 e. The molecule has 0 aromatic carbocycles. The Morgan fingerprint density at radius 2 is 2.36 bits per heavy atom. The molecule has 0 saturated heterocycles. The molecule has 2 aromatic heterocycles. The Labute approximate surface area is 91.1 Å². The van der Waals surface area contributed by atoms with Crippen molar-refractivity contribution in [2.24, 2.45) is 5.73 Å². The molecule has 0 amide bonds. The molecule has 4 heteroatoms. The summed E-state index contributed by atoms with van der Waals surface area (Å²) >= 11 is 3.52. The lowest BCUT2D eigenvalue weighted by molar-refractivity contribution is 0.656. The molecule has 0 aliphatic rings. The van der Waals surface area contributed by atoms with Crippen LogP contribution in [0, 0.1) is 0 Å². The zero-order chi connectivity index (χ0) is 9.97. The highest BCUT2D eigenvalue weighted by molar-refractivity contribution is 9.10. The Balaban J connectivity index is 2.45. The predicted molar refractivity (Wildman–Crippen MR) is 61.1 cm³/mol. The van der Waals surface area contributed by atoms with Crippen molar-refractivity contribution < 1.29 is 0 Å². The number of nitrogens with two attached hydrogens (primary N) is 1. The number of rotatable bonds is 3. The van der Waals surface area contributed by atoms with E-state index in [1.54, 1.807) is 0 Å². The molecule has 0 unspecified atom stereocenters. The van der Waals surface area contributed by atoms with E-state index in [1.165, 1.54) is 0 Å². The SMILES string of the molecule is NCCCn1c(Br)cc2cccnc21. The molecule has 3 nitrogen and oxygen atoms in total. The highest BCUT2D eigenvalue weighted by atomic mass is 79.9. The van der Waals surface area contributed by atoms with Crippen LogP contribution < -0.4 is 5.73 Å². The Morgan fingerprint density at radius 3 is 3.14 bits per heavy atom. The van der Waals surface area contributed by atoms with Crippen molar-refractivity contribution in [3.05, 3.63) is 29.0 Å². The van der Waals surface area contributed by atoms with Crippen LogP contribution in [0.25, 0.3) is 11.0 Å². The number of hydrogen-bond donors (Lipinski definition) is 1. The normalized spacial score (nSPS) is 11.0. The van der Waals surface area contributed by atoms with E-state index in [0.29, 0.717) is 6.54 Å². The van der Waals surface area contributed by atoms with E-state index in [2.05, 4.69) is 37.6 Å². The summed E-state index contributed by atoms with van der Waals surface area (Å²) in [6.07, 6.45) is 2.78. The second-order valence-electron chi connectivity index (χ2n) is 3.18. The molecule has 0 aliphatic heterocycles. The van der Waals surface area contributed by atoms with Gasteiger partial charge in [0.05, 0.1) is 4.60 Å². The maximum Gasteiger partial charge on any atom is 0.140 e. The fraction of sp³-hybridized carbons (Fsp3) is 0.300. The third-order valence-corrected chi connectivity index (χ3v) is 2.85. The summed E-state index contributed by atoms with van der Waals surface area (Å²) in [6, 6.07) is 6.09. The minimum absolute atomic E-state index is 0.707. The van der Waals surface area contributed by atoms with Gasteiger partial charge in [-0.25, -0.2) is 4.98 Å². The lowest BCUT2D eigenvalue weighted by Crippen LogP contribution is -2.06. The van der Waals surface area contributed by atoms with E-state index >= 15 is 0 Å². The third kappa shape index (κ3) is 1.67. The quantitative estimate of drug-likeness (QED) is 0.911. The summed E-state index contributed by atoms with van der Waals surface area (Å²) in [4.78, 5) is 4.35. The standard InChI is InChI=1S/C10H12BrN3/c11-9-7-8-3-1-5-13-10(8)14(9)6-2-4-12/h1,3,5,7H,2,4,6,12H2. The molecule has 74 valence electrons. The molecular formula is C10H12BrN3. The van der Waals surface area contributed by atoms with Crippen LogP contribution >= 0.6 is 15.9 Å². The summed E-state index contributed by atoms with van der Waals surface area (Å²) in [5, 5.41) is 1.16. The second-order valence-corrected chi connectivity index (χ2v) is 3.99. The first kappa shape index (κ1) is 9.68. The topological polar surface area (TPSA) is 43.8 Å². The van der Waals surface area contributed by atoms with Crippen LogP contribution in [0.15, 0.2) is 29.0 Å². The first-order chi connectivity index (χ1) is 6.83. The molecule has 2 aromatic rings. The highest BCUT2D eigenvalue weighted by Gasteiger charge is 2.05. The average molecular weight is 254 g/mol. The molecule has 2 heterocycles. The summed E-state index contributed by atoms with van der Waals surface area (Å²) in [5.41, 5.74) is 6.51. The zero-order valence-electron chi connectivity index (χ0n) is 7.78. The Morgan fingerprint density at radius 1 is 1.50 bits per heavy atom. The molecule has 0 saturated carbocycles. The molecule has 0 atom stereocenters. The van der Waals surface area contributed by atoms with Crippen molar-refractivity contribution in [1.29, 1.82) is 0 Å². The van der Waals surface area contributed by atoms with Gasteiger partial charge in [-0.05, 0) is 47.1 Å². The third-order valence-electron chi connectivity index (χ3n) is 2.19. The fourth-order valence-electron chi connectivity index (χ4n) is 1.52. The van der Waals surface area contributed by atoms with Gasteiger partial charge in [-0.15, -0.1) is 0 Å². The van der Waals surface area contributed by atoms with Crippen LogP contribution in [0.1, 0.15) is 6.42 Å². The summed E-state index contributed by atoms with van der Waals surface area (Å²) < 4.78 is 3.21. The van der Waals surface area contributed by atoms with Crippen molar-refractivity contribution in [2.45, 2.75) is 13.0 Å². The van der Waals surface area contributed by atoms with E-state index < -0.39 is 0 Å². The van der Waals surface area contributed by atoms with Gasteiger partial charge in [-0.1, -0.05) is 0 Å². The molecule has 0 spiro atoms. The van der Waals surface area contributed by atoms with E-state index in [4.69, 9.17) is 5.73 Å². The predicted octanol–water partition coefficient (Wildman–Crippen LogP) is 2.15. The summed E-state index contributed by atoms with van der Waals surface area (Å²) in [6.45, 7) is 1.62. The molecule has 0 bridgehead atoms. The van der Waals surface area contributed by atoms with Crippen molar-refractivity contribution in [2.75, 3.05) is 6.54 Å². The maximum atomic E-state index is 5.49. The van der Waals surface area contributed by atoms with Crippen LogP contribution in [-0.2, 0) is 6.54 Å². The first-order valence-corrected chi connectivity index (χ1v) is 5.42. The van der Waals surface area contributed by atoms with Crippen molar-refractivity contribution in [1.82, 2.24) is 9.55 Å². The van der Waals surface area contributed by atoms with Crippen LogP contribution in [0.5, 0.6) is 0 Å². The molecule has 0 radical (unpaired) electrons. The van der Waals surface area contributed by atoms with E-state index in [-0.39, 0.29) is 0 Å². The second kappa shape index (κ2) is 4.11. The van der Waals surface area contributed by atoms with Gasteiger partial charge < -0.3 is 10.3 Å². The lowest BCUT2D eigenvalue weighted by atomic mass is 10.3. The highest BCUT2D eigenvalue weighted by Crippen LogP contribution is 2.22. The van der Waals surface area contributed by atoms with Crippen molar-refractivity contribution >= 4 is 27.0 Å². The number of nitrogens with zero attached hydrogens (tertiary/aromatic N) is 2. The van der Waals surface area contributed by atoms with Gasteiger partial charge in [-0.3, -0.25) is 0 Å². The lowest BCUT2D eigenvalue weighted by Gasteiger charge is -2.04. The average Bonchev–Trinajstić information content (AvgIpc) is 2.51.